The van der Waals surface area contributed by atoms with Crippen LogP contribution in [0.1, 0.15) is 27.2 Å². The zero-order chi connectivity index (χ0) is 13.8. The highest BCUT2D eigenvalue weighted by Gasteiger charge is 2.10. The van der Waals surface area contributed by atoms with Crippen LogP contribution >= 0.6 is 0 Å². The van der Waals surface area contributed by atoms with Gasteiger partial charge in [-0.2, -0.15) is 0 Å². The van der Waals surface area contributed by atoms with Gasteiger partial charge in [0.2, 0.25) is 0 Å². The van der Waals surface area contributed by atoms with Gasteiger partial charge in [0.1, 0.15) is 5.75 Å². The molecule has 1 aromatic carbocycles. The first kappa shape index (κ1) is 13.7. The maximum Gasteiger partial charge on any atom is 0.155 e. The molecule has 0 N–H and O–H groups in total. The summed E-state index contributed by atoms with van der Waals surface area (Å²) in [7, 11) is 0. The van der Waals surface area contributed by atoms with Crippen LogP contribution in [0, 0.1) is 5.92 Å². The Balaban J connectivity index is 2.21. The van der Waals surface area contributed by atoms with Crippen molar-refractivity contribution < 1.29 is 9.53 Å². The van der Waals surface area contributed by atoms with Crippen molar-refractivity contribution in [3.8, 4) is 5.75 Å². The van der Waals surface area contributed by atoms with E-state index in [0.717, 1.165) is 29.7 Å². The first-order valence-electron chi connectivity index (χ1n) is 6.86. The molecule has 0 saturated carbocycles. The van der Waals surface area contributed by atoms with Crippen molar-refractivity contribution in [3.05, 3.63) is 30.5 Å². The Kier molecular flexibility index (Phi) is 4.25. The Hall–Kier alpha value is -1.77. The first-order chi connectivity index (χ1) is 9.11. The minimum Gasteiger partial charge on any atom is -0.494 e. The van der Waals surface area contributed by atoms with Crippen molar-refractivity contribution in [1.29, 1.82) is 0 Å². The fraction of sp³-hybridized carbons (Fsp3) is 0.438. The van der Waals surface area contributed by atoms with Gasteiger partial charge in [0, 0.05) is 23.0 Å². The molecule has 0 aliphatic heterocycles. The monoisotopic (exact) mass is 259 g/mol. The van der Waals surface area contributed by atoms with E-state index >= 15 is 0 Å². The number of benzene rings is 1. The first-order valence-corrected chi connectivity index (χ1v) is 6.86. The minimum absolute atomic E-state index is 0.0737. The molecule has 19 heavy (non-hydrogen) atoms. The number of ether oxygens (including phenoxy) is 1. The van der Waals surface area contributed by atoms with Gasteiger partial charge in [-0.05, 0) is 30.7 Å². The highest BCUT2D eigenvalue weighted by atomic mass is 16.5. The summed E-state index contributed by atoms with van der Waals surface area (Å²) in [6, 6.07) is 8.05. The summed E-state index contributed by atoms with van der Waals surface area (Å²) in [5.41, 5.74) is 1.08. The summed E-state index contributed by atoms with van der Waals surface area (Å²) in [6.45, 7) is 7.14. The lowest BCUT2D eigenvalue weighted by molar-refractivity contribution is -0.122. The topological polar surface area (TPSA) is 31.2 Å². The van der Waals surface area contributed by atoms with Crippen LogP contribution in [0.3, 0.4) is 0 Å². The van der Waals surface area contributed by atoms with Crippen molar-refractivity contribution in [2.75, 3.05) is 6.61 Å². The van der Waals surface area contributed by atoms with Gasteiger partial charge < -0.3 is 9.30 Å². The molecule has 0 bridgehead atoms. The second-order valence-electron chi connectivity index (χ2n) is 5.13. The highest BCUT2D eigenvalue weighted by Crippen LogP contribution is 2.22. The molecule has 3 heteroatoms. The van der Waals surface area contributed by atoms with Gasteiger partial charge in [0.15, 0.2) is 5.78 Å². The number of aromatic nitrogens is 1. The summed E-state index contributed by atoms with van der Waals surface area (Å²) < 4.78 is 7.62. The fourth-order valence-electron chi connectivity index (χ4n) is 1.98. The molecule has 102 valence electrons. The average molecular weight is 259 g/mol. The number of rotatable bonds is 6. The molecule has 0 aliphatic rings. The van der Waals surface area contributed by atoms with E-state index in [1.54, 1.807) is 0 Å². The standard InChI is InChI=1S/C16H21NO2/c1-4-9-19-14-5-6-15-13(10-14)7-8-17(15)11-16(18)12(2)3/h5-8,10,12H,4,9,11H2,1-3H3. The van der Waals surface area contributed by atoms with E-state index in [4.69, 9.17) is 4.74 Å². The molecule has 0 atom stereocenters. The fourth-order valence-corrected chi connectivity index (χ4v) is 1.98. The van der Waals surface area contributed by atoms with E-state index in [1.165, 1.54) is 0 Å². The van der Waals surface area contributed by atoms with Crippen LogP contribution in [0.4, 0.5) is 0 Å². The average Bonchev–Trinajstić information content (AvgIpc) is 2.78. The Bertz CT molecular complexity index is 569. The molecule has 0 amide bonds. The quantitative estimate of drug-likeness (QED) is 0.792. The summed E-state index contributed by atoms with van der Waals surface area (Å²) >= 11 is 0. The summed E-state index contributed by atoms with van der Waals surface area (Å²) in [5.74, 6) is 1.22. The molecule has 1 aromatic heterocycles. The number of ketones is 1. The van der Waals surface area contributed by atoms with Crippen molar-refractivity contribution in [3.63, 3.8) is 0 Å². The van der Waals surface area contributed by atoms with Crippen molar-refractivity contribution in [1.82, 2.24) is 4.57 Å². The number of hydrogen-bond donors (Lipinski definition) is 0. The number of fused-ring (bicyclic) bond motifs is 1. The third-order valence-corrected chi connectivity index (χ3v) is 3.19. The molecule has 1 heterocycles. The molecule has 0 fully saturated rings. The van der Waals surface area contributed by atoms with E-state index < -0.39 is 0 Å². The molecule has 3 nitrogen and oxygen atoms in total. The molecule has 2 rings (SSSR count). The third kappa shape index (κ3) is 3.16. The largest absolute Gasteiger partial charge is 0.494 e. The second kappa shape index (κ2) is 5.91. The van der Waals surface area contributed by atoms with E-state index in [9.17, 15) is 4.79 Å². The van der Waals surface area contributed by atoms with Crippen LogP contribution in [-0.4, -0.2) is 17.0 Å². The number of nitrogens with zero attached hydrogens (tertiary/aromatic N) is 1. The number of Topliss-reactive ketones (excluding diaryl/α,β-unsaturated/α-hetero) is 1. The van der Waals surface area contributed by atoms with Gasteiger partial charge in [-0.15, -0.1) is 0 Å². The van der Waals surface area contributed by atoms with Crippen LogP contribution in [-0.2, 0) is 11.3 Å². The van der Waals surface area contributed by atoms with Gasteiger partial charge in [-0.1, -0.05) is 20.8 Å². The predicted molar refractivity (Wildman–Crippen MR) is 77.6 cm³/mol. The van der Waals surface area contributed by atoms with Gasteiger partial charge in [0.05, 0.1) is 13.2 Å². The zero-order valence-corrected chi connectivity index (χ0v) is 11.8. The van der Waals surface area contributed by atoms with Gasteiger partial charge >= 0.3 is 0 Å². The summed E-state index contributed by atoms with van der Waals surface area (Å²) in [5, 5.41) is 1.12. The number of hydrogen-bond acceptors (Lipinski definition) is 2. The second-order valence-corrected chi connectivity index (χ2v) is 5.13. The normalized spacial score (nSPS) is 11.2. The maximum absolute atomic E-state index is 11.8. The Morgan fingerprint density at radius 2 is 2.11 bits per heavy atom. The van der Waals surface area contributed by atoms with Crippen molar-refractivity contribution in [2.24, 2.45) is 5.92 Å². The molecule has 0 saturated heterocycles. The van der Waals surface area contributed by atoms with Crippen LogP contribution in [0.25, 0.3) is 10.9 Å². The Labute approximate surface area is 114 Å². The molecule has 2 aromatic rings. The SMILES string of the molecule is CCCOc1ccc2c(ccn2CC(=O)C(C)C)c1. The molecule has 0 radical (unpaired) electrons. The van der Waals surface area contributed by atoms with E-state index in [1.807, 2.05) is 48.9 Å². The van der Waals surface area contributed by atoms with Gasteiger partial charge in [-0.3, -0.25) is 4.79 Å². The molecule has 0 unspecified atom stereocenters. The lowest BCUT2D eigenvalue weighted by Crippen LogP contribution is -2.14. The van der Waals surface area contributed by atoms with Gasteiger partial charge in [-0.25, -0.2) is 0 Å². The third-order valence-electron chi connectivity index (χ3n) is 3.19. The number of carbonyl (C=O) groups excluding carboxylic acids is 1. The summed E-state index contributed by atoms with van der Waals surface area (Å²) in [6.07, 6.45) is 2.97. The van der Waals surface area contributed by atoms with E-state index in [2.05, 4.69) is 6.92 Å². The predicted octanol–water partition coefficient (Wildman–Crippen LogP) is 3.66. The van der Waals surface area contributed by atoms with E-state index in [-0.39, 0.29) is 11.7 Å². The molecule has 0 aliphatic carbocycles. The molecular formula is C16H21NO2. The van der Waals surface area contributed by atoms with Crippen LogP contribution < -0.4 is 4.74 Å². The Morgan fingerprint density at radius 3 is 2.79 bits per heavy atom. The summed E-state index contributed by atoms with van der Waals surface area (Å²) in [4.78, 5) is 11.8. The van der Waals surface area contributed by atoms with Crippen molar-refractivity contribution in [2.45, 2.75) is 33.7 Å². The van der Waals surface area contributed by atoms with Crippen LogP contribution in [0.2, 0.25) is 0 Å². The Morgan fingerprint density at radius 1 is 1.32 bits per heavy atom. The lowest BCUT2D eigenvalue weighted by atomic mass is 10.1. The zero-order valence-electron chi connectivity index (χ0n) is 11.8. The van der Waals surface area contributed by atoms with Crippen LogP contribution in [0.15, 0.2) is 30.5 Å². The highest BCUT2D eigenvalue weighted by molar-refractivity contribution is 5.85. The number of carbonyl (C=O) groups is 1. The maximum atomic E-state index is 11.8. The smallest absolute Gasteiger partial charge is 0.155 e. The molecular weight excluding hydrogens is 238 g/mol. The van der Waals surface area contributed by atoms with Crippen LogP contribution in [0.5, 0.6) is 5.75 Å². The van der Waals surface area contributed by atoms with Crippen molar-refractivity contribution >= 4 is 16.7 Å². The minimum atomic E-state index is 0.0737. The van der Waals surface area contributed by atoms with E-state index in [0.29, 0.717) is 6.54 Å². The van der Waals surface area contributed by atoms with Gasteiger partial charge in [0.25, 0.3) is 0 Å². The molecule has 0 spiro atoms. The lowest BCUT2D eigenvalue weighted by Gasteiger charge is -2.08.